The van der Waals surface area contributed by atoms with Crippen molar-refractivity contribution in [3.8, 4) is 5.75 Å². The highest BCUT2D eigenvalue weighted by Gasteiger charge is 2.11. The predicted molar refractivity (Wildman–Crippen MR) is 88.6 cm³/mol. The molecule has 4 heteroatoms. The van der Waals surface area contributed by atoms with Crippen LogP contribution in [0.15, 0.2) is 48.7 Å². The van der Waals surface area contributed by atoms with Crippen molar-refractivity contribution < 1.29 is 9.53 Å². The number of rotatable bonds is 3. The van der Waals surface area contributed by atoms with Gasteiger partial charge in [-0.3, -0.25) is 4.79 Å². The molecule has 0 atom stereocenters. The van der Waals surface area contributed by atoms with Gasteiger partial charge < -0.3 is 14.6 Å². The molecule has 0 aliphatic rings. The quantitative estimate of drug-likeness (QED) is 0.799. The van der Waals surface area contributed by atoms with Crippen LogP contribution in [0.1, 0.15) is 15.9 Å². The van der Waals surface area contributed by atoms with Crippen LogP contribution in [0.2, 0.25) is 0 Å². The summed E-state index contributed by atoms with van der Waals surface area (Å²) in [5, 5.41) is 4.04. The first-order chi connectivity index (χ1) is 10.6. The van der Waals surface area contributed by atoms with Crippen LogP contribution in [-0.4, -0.2) is 17.6 Å². The van der Waals surface area contributed by atoms with Gasteiger partial charge in [-0.2, -0.15) is 0 Å². The number of ether oxygens (including phenoxy) is 1. The zero-order chi connectivity index (χ0) is 15.7. The second kappa shape index (κ2) is 5.56. The molecule has 1 amide bonds. The highest BCUT2D eigenvalue weighted by Crippen LogP contribution is 2.26. The van der Waals surface area contributed by atoms with Gasteiger partial charge in [0.2, 0.25) is 0 Å². The minimum Gasteiger partial charge on any atom is -0.495 e. The molecular formula is C18H18N2O2. The summed E-state index contributed by atoms with van der Waals surface area (Å²) < 4.78 is 7.29. The number of carbonyl (C=O) groups is 1. The standard InChI is InChI=1S/C18H18N2O2/c1-12-4-7-17(22-3)15(10-12)19-18(21)14-6-5-13-8-9-20(2)16(13)11-14/h4-11H,1-3H3,(H,19,21). The number of nitrogens with zero attached hydrogens (tertiary/aromatic N) is 1. The monoisotopic (exact) mass is 294 g/mol. The van der Waals surface area contributed by atoms with Crippen LogP contribution in [0.25, 0.3) is 10.9 Å². The van der Waals surface area contributed by atoms with Crippen molar-refractivity contribution in [1.29, 1.82) is 0 Å². The van der Waals surface area contributed by atoms with E-state index in [9.17, 15) is 4.79 Å². The van der Waals surface area contributed by atoms with Crippen molar-refractivity contribution >= 4 is 22.5 Å². The van der Waals surface area contributed by atoms with Crippen LogP contribution in [0.3, 0.4) is 0 Å². The molecule has 4 nitrogen and oxygen atoms in total. The maximum Gasteiger partial charge on any atom is 0.255 e. The Hall–Kier alpha value is -2.75. The molecule has 1 heterocycles. The summed E-state index contributed by atoms with van der Waals surface area (Å²) in [6, 6.07) is 13.4. The van der Waals surface area contributed by atoms with Crippen molar-refractivity contribution in [2.45, 2.75) is 6.92 Å². The molecule has 22 heavy (non-hydrogen) atoms. The normalized spacial score (nSPS) is 10.7. The lowest BCUT2D eigenvalue weighted by molar-refractivity contribution is 0.102. The molecule has 0 spiro atoms. The summed E-state index contributed by atoms with van der Waals surface area (Å²) in [6.45, 7) is 1.98. The second-order valence-corrected chi connectivity index (χ2v) is 5.36. The number of hydrogen-bond donors (Lipinski definition) is 1. The Morgan fingerprint density at radius 1 is 1.14 bits per heavy atom. The minimum absolute atomic E-state index is 0.146. The Balaban J connectivity index is 1.93. The highest BCUT2D eigenvalue weighted by molar-refractivity contribution is 6.06. The van der Waals surface area contributed by atoms with Crippen molar-refractivity contribution in [2.24, 2.45) is 7.05 Å². The Morgan fingerprint density at radius 2 is 1.95 bits per heavy atom. The van der Waals surface area contributed by atoms with Gasteiger partial charge in [0.1, 0.15) is 5.75 Å². The first-order valence-corrected chi connectivity index (χ1v) is 7.09. The van der Waals surface area contributed by atoms with Gasteiger partial charge in [-0.05, 0) is 48.2 Å². The van der Waals surface area contributed by atoms with Gasteiger partial charge in [-0.15, -0.1) is 0 Å². The fourth-order valence-electron chi connectivity index (χ4n) is 2.52. The van der Waals surface area contributed by atoms with Crippen LogP contribution >= 0.6 is 0 Å². The van der Waals surface area contributed by atoms with Crippen molar-refractivity contribution in [3.05, 3.63) is 59.8 Å². The van der Waals surface area contributed by atoms with Gasteiger partial charge in [0.15, 0.2) is 0 Å². The van der Waals surface area contributed by atoms with E-state index in [2.05, 4.69) is 5.32 Å². The Morgan fingerprint density at radius 3 is 2.73 bits per heavy atom. The molecule has 0 unspecified atom stereocenters. The number of aryl methyl sites for hydroxylation is 2. The topological polar surface area (TPSA) is 43.3 Å². The lowest BCUT2D eigenvalue weighted by atomic mass is 10.1. The molecule has 0 saturated heterocycles. The van der Waals surface area contributed by atoms with E-state index in [0.717, 1.165) is 16.5 Å². The van der Waals surface area contributed by atoms with Crippen molar-refractivity contribution in [1.82, 2.24) is 4.57 Å². The molecule has 3 rings (SSSR count). The molecule has 0 aliphatic carbocycles. The molecule has 1 aromatic heterocycles. The van der Waals surface area contributed by atoms with E-state index >= 15 is 0 Å². The third-order valence-electron chi connectivity index (χ3n) is 3.75. The van der Waals surface area contributed by atoms with E-state index in [1.165, 1.54) is 0 Å². The maximum absolute atomic E-state index is 12.5. The number of hydrogen-bond acceptors (Lipinski definition) is 2. The predicted octanol–water partition coefficient (Wildman–Crippen LogP) is 3.75. The number of benzene rings is 2. The number of carbonyl (C=O) groups excluding carboxylic acids is 1. The van der Waals surface area contributed by atoms with Crippen LogP contribution in [0, 0.1) is 6.92 Å². The smallest absolute Gasteiger partial charge is 0.255 e. The molecule has 3 aromatic rings. The number of fused-ring (bicyclic) bond motifs is 1. The number of nitrogens with one attached hydrogen (secondary N) is 1. The Labute approximate surface area is 129 Å². The van der Waals surface area contributed by atoms with Gasteiger partial charge in [0.25, 0.3) is 5.91 Å². The number of anilines is 1. The third-order valence-corrected chi connectivity index (χ3v) is 3.75. The number of amides is 1. The Bertz CT molecular complexity index is 849. The van der Waals surface area contributed by atoms with Gasteiger partial charge in [-0.25, -0.2) is 0 Å². The van der Waals surface area contributed by atoms with E-state index < -0.39 is 0 Å². The van der Waals surface area contributed by atoms with E-state index in [4.69, 9.17) is 4.74 Å². The van der Waals surface area contributed by atoms with Crippen LogP contribution in [0.4, 0.5) is 5.69 Å². The van der Waals surface area contributed by atoms with Gasteiger partial charge >= 0.3 is 0 Å². The lowest BCUT2D eigenvalue weighted by Gasteiger charge is -2.11. The first-order valence-electron chi connectivity index (χ1n) is 7.09. The minimum atomic E-state index is -0.146. The zero-order valence-corrected chi connectivity index (χ0v) is 12.9. The van der Waals surface area contributed by atoms with Crippen molar-refractivity contribution in [2.75, 3.05) is 12.4 Å². The summed E-state index contributed by atoms with van der Waals surface area (Å²) in [7, 11) is 3.56. The first kappa shape index (κ1) is 14.2. The van der Waals surface area contributed by atoms with E-state index in [1.54, 1.807) is 7.11 Å². The van der Waals surface area contributed by atoms with E-state index in [0.29, 0.717) is 17.0 Å². The molecule has 0 bridgehead atoms. The molecule has 1 N–H and O–H groups in total. The summed E-state index contributed by atoms with van der Waals surface area (Å²) in [5.74, 6) is 0.505. The summed E-state index contributed by atoms with van der Waals surface area (Å²) in [6.07, 6.45) is 1.98. The largest absolute Gasteiger partial charge is 0.495 e. The molecule has 0 aliphatic heterocycles. The van der Waals surface area contributed by atoms with Gasteiger partial charge in [-0.1, -0.05) is 12.1 Å². The number of aromatic nitrogens is 1. The SMILES string of the molecule is COc1ccc(C)cc1NC(=O)c1ccc2ccn(C)c2c1. The lowest BCUT2D eigenvalue weighted by Crippen LogP contribution is -2.12. The van der Waals surface area contributed by atoms with Gasteiger partial charge in [0.05, 0.1) is 12.8 Å². The van der Waals surface area contributed by atoms with Crippen LogP contribution in [-0.2, 0) is 7.05 Å². The average Bonchev–Trinajstić information content (AvgIpc) is 2.88. The molecule has 112 valence electrons. The average molecular weight is 294 g/mol. The fourth-order valence-corrected chi connectivity index (χ4v) is 2.52. The molecular weight excluding hydrogens is 276 g/mol. The van der Waals surface area contributed by atoms with Crippen molar-refractivity contribution in [3.63, 3.8) is 0 Å². The van der Waals surface area contributed by atoms with Crippen LogP contribution in [0.5, 0.6) is 5.75 Å². The van der Waals surface area contributed by atoms with E-state index in [-0.39, 0.29) is 5.91 Å². The maximum atomic E-state index is 12.5. The molecule has 0 radical (unpaired) electrons. The molecule has 2 aromatic carbocycles. The Kier molecular flexibility index (Phi) is 3.59. The fraction of sp³-hybridized carbons (Fsp3) is 0.167. The summed E-state index contributed by atoms with van der Waals surface area (Å²) in [4.78, 5) is 12.5. The number of methoxy groups -OCH3 is 1. The molecule has 0 fully saturated rings. The second-order valence-electron chi connectivity index (χ2n) is 5.36. The summed E-state index contributed by atoms with van der Waals surface area (Å²) in [5.41, 5.74) is 3.40. The summed E-state index contributed by atoms with van der Waals surface area (Å²) >= 11 is 0. The van der Waals surface area contributed by atoms with Crippen LogP contribution < -0.4 is 10.1 Å². The van der Waals surface area contributed by atoms with Gasteiger partial charge in [0, 0.05) is 24.3 Å². The molecule has 0 saturated carbocycles. The zero-order valence-electron chi connectivity index (χ0n) is 12.9. The third kappa shape index (κ3) is 2.55. The highest BCUT2D eigenvalue weighted by atomic mass is 16.5. The van der Waals surface area contributed by atoms with E-state index in [1.807, 2.05) is 67.2 Å².